The van der Waals surface area contributed by atoms with Crippen LogP contribution in [0.5, 0.6) is 0 Å². The van der Waals surface area contributed by atoms with Gasteiger partial charge in [-0.15, -0.1) is 0 Å². The Hall–Kier alpha value is -2.95. The van der Waals surface area contributed by atoms with Gasteiger partial charge in [0.25, 0.3) is 0 Å². The summed E-state index contributed by atoms with van der Waals surface area (Å²) in [6.07, 6.45) is 4.73. The highest BCUT2D eigenvalue weighted by molar-refractivity contribution is 5.89. The van der Waals surface area contributed by atoms with Crippen LogP contribution >= 0.6 is 0 Å². The van der Waals surface area contributed by atoms with Crippen LogP contribution in [0.15, 0.2) is 54.4 Å². The average Bonchev–Trinajstić information content (AvgIpc) is 2.78. The van der Waals surface area contributed by atoms with E-state index in [0.29, 0.717) is 30.4 Å². The Kier molecular flexibility index (Phi) is 7.17. The number of pyridine rings is 1. The zero-order valence-electron chi connectivity index (χ0n) is 17.1. The minimum Gasteiger partial charge on any atom is -0.334 e. The Morgan fingerprint density at radius 2 is 2.07 bits per heavy atom. The molecule has 1 saturated heterocycles. The quantitative estimate of drug-likeness (QED) is 0.733. The lowest BCUT2D eigenvalue weighted by Crippen LogP contribution is -2.43. The van der Waals surface area contributed by atoms with Crippen molar-refractivity contribution in [2.24, 2.45) is 0 Å². The molecule has 1 aromatic heterocycles. The third-order valence-corrected chi connectivity index (χ3v) is 5.43. The molecule has 3 rings (SSSR count). The van der Waals surface area contributed by atoms with Crippen molar-refractivity contribution in [3.63, 3.8) is 0 Å². The number of piperidine rings is 1. The van der Waals surface area contributed by atoms with Gasteiger partial charge < -0.3 is 15.1 Å². The van der Waals surface area contributed by atoms with Crippen molar-refractivity contribution in [3.05, 3.63) is 59.9 Å². The molecule has 1 aliphatic rings. The highest BCUT2D eigenvalue weighted by atomic mass is 16.1. The lowest BCUT2D eigenvalue weighted by molar-refractivity contribution is -0.115. The lowest BCUT2D eigenvalue weighted by atomic mass is 9.99. The van der Waals surface area contributed by atoms with Crippen LogP contribution in [0.2, 0.25) is 0 Å². The maximum Gasteiger partial charge on any atom is 0.225 e. The SMILES string of the molecule is CCC(=O)Nc1ccc(N2CCC(N(C)CCc3ccccc3)CC2=C=O)cn1. The predicted octanol–water partition coefficient (Wildman–Crippen LogP) is 3.29. The maximum absolute atomic E-state index is 11.6. The Morgan fingerprint density at radius 1 is 1.28 bits per heavy atom. The number of hydrogen-bond donors (Lipinski definition) is 1. The highest BCUT2D eigenvalue weighted by Crippen LogP contribution is 2.28. The van der Waals surface area contributed by atoms with Gasteiger partial charge in [0.2, 0.25) is 5.91 Å². The molecule has 6 heteroatoms. The van der Waals surface area contributed by atoms with Gasteiger partial charge in [-0.3, -0.25) is 4.79 Å². The fourth-order valence-corrected chi connectivity index (χ4v) is 3.59. The Balaban J connectivity index is 1.59. The summed E-state index contributed by atoms with van der Waals surface area (Å²) in [6.45, 7) is 3.49. The largest absolute Gasteiger partial charge is 0.334 e. The second-order valence-electron chi connectivity index (χ2n) is 7.37. The van der Waals surface area contributed by atoms with Crippen molar-refractivity contribution < 1.29 is 9.59 Å². The van der Waals surface area contributed by atoms with E-state index < -0.39 is 0 Å². The normalized spacial score (nSPS) is 16.6. The van der Waals surface area contributed by atoms with Crippen molar-refractivity contribution in [1.82, 2.24) is 9.88 Å². The molecule has 1 unspecified atom stereocenters. The Bertz CT molecular complexity index is 860. The number of carbonyl (C=O) groups excluding carboxylic acids is 2. The molecule has 1 aromatic carbocycles. The summed E-state index contributed by atoms with van der Waals surface area (Å²) in [6, 6.07) is 14.4. The number of aromatic nitrogens is 1. The molecule has 1 atom stereocenters. The van der Waals surface area contributed by atoms with Gasteiger partial charge in [-0.1, -0.05) is 37.3 Å². The smallest absolute Gasteiger partial charge is 0.225 e. The molecule has 0 spiro atoms. The molecular formula is C23H28N4O2. The number of nitrogens with zero attached hydrogens (tertiary/aromatic N) is 3. The van der Waals surface area contributed by atoms with Crippen LogP contribution in [0.1, 0.15) is 31.7 Å². The van der Waals surface area contributed by atoms with E-state index in [1.807, 2.05) is 17.0 Å². The molecule has 6 nitrogen and oxygen atoms in total. The third-order valence-electron chi connectivity index (χ3n) is 5.43. The van der Waals surface area contributed by atoms with Crippen molar-refractivity contribution >= 4 is 23.4 Å². The second kappa shape index (κ2) is 10.0. The van der Waals surface area contributed by atoms with Gasteiger partial charge in [-0.2, -0.15) is 0 Å². The van der Waals surface area contributed by atoms with E-state index in [9.17, 15) is 9.59 Å². The van der Waals surface area contributed by atoms with E-state index in [0.717, 1.165) is 31.6 Å². The minimum atomic E-state index is -0.0712. The van der Waals surface area contributed by atoms with Crippen molar-refractivity contribution in [2.75, 3.05) is 30.4 Å². The average molecular weight is 393 g/mol. The molecule has 1 aliphatic heterocycles. The van der Waals surface area contributed by atoms with E-state index in [2.05, 4.69) is 52.5 Å². The van der Waals surface area contributed by atoms with Crippen LogP contribution < -0.4 is 10.2 Å². The summed E-state index contributed by atoms with van der Waals surface area (Å²) in [7, 11) is 2.12. The second-order valence-corrected chi connectivity index (χ2v) is 7.37. The van der Waals surface area contributed by atoms with E-state index in [1.165, 1.54) is 5.56 Å². The fraction of sp³-hybridized carbons (Fsp3) is 0.391. The van der Waals surface area contributed by atoms with Gasteiger partial charge in [0, 0.05) is 32.0 Å². The first-order valence-electron chi connectivity index (χ1n) is 10.1. The number of benzene rings is 1. The molecule has 0 radical (unpaired) electrons. The van der Waals surface area contributed by atoms with Crippen molar-refractivity contribution in [3.8, 4) is 0 Å². The van der Waals surface area contributed by atoms with Crippen LogP contribution in [-0.2, 0) is 16.0 Å². The number of rotatable bonds is 7. The molecule has 2 heterocycles. The summed E-state index contributed by atoms with van der Waals surface area (Å²) in [5.74, 6) is 2.59. The highest BCUT2D eigenvalue weighted by Gasteiger charge is 2.27. The molecule has 0 bridgehead atoms. The van der Waals surface area contributed by atoms with Gasteiger partial charge in [-0.05, 0) is 37.6 Å². The Morgan fingerprint density at radius 3 is 2.72 bits per heavy atom. The molecule has 0 aliphatic carbocycles. The first-order valence-corrected chi connectivity index (χ1v) is 10.1. The first-order chi connectivity index (χ1) is 14.1. The molecule has 152 valence electrons. The first kappa shape index (κ1) is 20.8. The van der Waals surface area contributed by atoms with E-state index in [-0.39, 0.29) is 5.91 Å². The van der Waals surface area contributed by atoms with Crippen LogP contribution in [0.25, 0.3) is 0 Å². The van der Waals surface area contributed by atoms with Gasteiger partial charge in [0.05, 0.1) is 11.9 Å². The fourth-order valence-electron chi connectivity index (χ4n) is 3.59. The molecule has 2 aromatic rings. The van der Waals surface area contributed by atoms with Gasteiger partial charge in [-0.25, -0.2) is 9.78 Å². The summed E-state index contributed by atoms with van der Waals surface area (Å²) in [5, 5.41) is 2.74. The molecule has 1 fully saturated rings. The number of hydrogen-bond acceptors (Lipinski definition) is 5. The van der Waals surface area contributed by atoms with Gasteiger partial charge in [0.1, 0.15) is 17.5 Å². The number of nitrogens with one attached hydrogen (secondary N) is 1. The van der Waals surface area contributed by atoms with E-state index in [1.54, 1.807) is 19.2 Å². The minimum absolute atomic E-state index is 0.0712. The molecule has 1 amide bonds. The molecule has 29 heavy (non-hydrogen) atoms. The monoisotopic (exact) mass is 392 g/mol. The van der Waals surface area contributed by atoms with E-state index in [4.69, 9.17) is 0 Å². The molecule has 0 saturated carbocycles. The van der Waals surface area contributed by atoms with Crippen LogP contribution in [0.3, 0.4) is 0 Å². The molecule has 1 N–H and O–H groups in total. The summed E-state index contributed by atoms with van der Waals surface area (Å²) in [4.78, 5) is 31.7. The third kappa shape index (κ3) is 5.53. The van der Waals surface area contributed by atoms with Crippen LogP contribution in [0.4, 0.5) is 11.5 Å². The van der Waals surface area contributed by atoms with Gasteiger partial charge >= 0.3 is 0 Å². The van der Waals surface area contributed by atoms with Crippen LogP contribution in [-0.4, -0.2) is 47.9 Å². The summed E-state index contributed by atoms with van der Waals surface area (Å²) in [5.41, 5.74) is 2.83. The lowest BCUT2D eigenvalue weighted by Gasteiger charge is -2.38. The summed E-state index contributed by atoms with van der Waals surface area (Å²) >= 11 is 0. The van der Waals surface area contributed by atoms with E-state index >= 15 is 0 Å². The molecular weight excluding hydrogens is 364 g/mol. The number of amides is 1. The van der Waals surface area contributed by atoms with Crippen molar-refractivity contribution in [2.45, 2.75) is 38.6 Å². The number of carbonyl (C=O) groups is 1. The zero-order chi connectivity index (χ0) is 20.6. The number of anilines is 2. The Labute approximate surface area is 172 Å². The topological polar surface area (TPSA) is 65.5 Å². The van der Waals surface area contributed by atoms with Gasteiger partial charge in [0.15, 0.2) is 0 Å². The standard InChI is InChI=1S/C23H28N4O2/c1-3-23(29)25-22-10-9-20(16-24-22)27-14-12-19(15-21(27)17-28)26(2)13-11-18-7-5-4-6-8-18/h4-10,16,19H,3,11-15H2,1-2H3,(H,24,25,29). The maximum atomic E-state index is 11.6. The van der Waals surface area contributed by atoms with Crippen LogP contribution in [0, 0.1) is 0 Å². The zero-order valence-corrected chi connectivity index (χ0v) is 17.1. The number of likely N-dealkylation sites (N-methyl/N-ethyl adjacent to an activating group) is 1. The van der Waals surface area contributed by atoms with Crippen molar-refractivity contribution in [1.29, 1.82) is 0 Å². The summed E-state index contributed by atoms with van der Waals surface area (Å²) < 4.78 is 0. The predicted molar refractivity (Wildman–Crippen MR) is 116 cm³/mol.